The fourth-order valence-corrected chi connectivity index (χ4v) is 3.76. The van der Waals surface area contributed by atoms with Gasteiger partial charge in [0.15, 0.2) is 0 Å². The van der Waals surface area contributed by atoms with Crippen LogP contribution in [0.15, 0.2) is 24.3 Å². The van der Waals surface area contributed by atoms with Gasteiger partial charge in [-0.3, -0.25) is 0 Å². The highest BCUT2D eigenvalue weighted by Gasteiger charge is 2.36. The molecule has 110 valence electrons. The molecular formula is C17H26N2O. The second kappa shape index (κ2) is 6.15. The van der Waals surface area contributed by atoms with E-state index in [9.17, 15) is 0 Å². The largest absolute Gasteiger partial charge is 0.374 e. The molecule has 2 aliphatic rings. The Morgan fingerprint density at radius 1 is 1.35 bits per heavy atom. The minimum Gasteiger partial charge on any atom is -0.374 e. The van der Waals surface area contributed by atoms with Crippen molar-refractivity contribution < 1.29 is 4.74 Å². The minimum absolute atomic E-state index is 0.402. The van der Waals surface area contributed by atoms with Crippen molar-refractivity contribution in [3.05, 3.63) is 29.8 Å². The average molecular weight is 274 g/mol. The van der Waals surface area contributed by atoms with Crippen LogP contribution in [-0.4, -0.2) is 31.8 Å². The molecule has 0 spiro atoms. The maximum atomic E-state index is 5.94. The Labute approximate surface area is 122 Å². The first kappa shape index (κ1) is 13.9. The van der Waals surface area contributed by atoms with Gasteiger partial charge in [-0.2, -0.15) is 0 Å². The van der Waals surface area contributed by atoms with E-state index < -0.39 is 0 Å². The minimum atomic E-state index is 0.402. The quantitative estimate of drug-likeness (QED) is 0.913. The molecule has 3 nitrogen and oxygen atoms in total. The number of anilines is 1. The molecule has 1 aliphatic carbocycles. The molecule has 1 N–H and O–H groups in total. The zero-order valence-corrected chi connectivity index (χ0v) is 12.6. The van der Waals surface area contributed by atoms with Crippen LogP contribution in [0, 0.1) is 0 Å². The van der Waals surface area contributed by atoms with Crippen molar-refractivity contribution in [2.75, 3.05) is 24.6 Å². The van der Waals surface area contributed by atoms with Gasteiger partial charge in [0.2, 0.25) is 0 Å². The number of hydrogen-bond acceptors (Lipinski definition) is 3. The lowest BCUT2D eigenvalue weighted by Gasteiger charge is -2.40. The molecule has 2 fully saturated rings. The zero-order valence-electron chi connectivity index (χ0n) is 12.6. The van der Waals surface area contributed by atoms with Crippen LogP contribution in [0.1, 0.15) is 44.7 Å². The van der Waals surface area contributed by atoms with Crippen molar-refractivity contribution in [2.24, 2.45) is 0 Å². The maximum absolute atomic E-state index is 5.94. The van der Waals surface area contributed by atoms with Gasteiger partial charge in [-0.15, -0.1) is 0 Å². The Morgan fingerprint density at radius 3 is 3.05 bits per heavy atom. The van der Waals surface area contributed by atoms with Crippen LogP contribution in [0.25, 0.3) is 0 Å². The van der Waals surface area contributed by atoms with Gasteiger partial charge < -0.3 is 15.0 Å². The Morgan fingerprint density at radius 2 is 2.20 bits per heavy atom. The fourth-order valence-electron chi connectivity index (χ4n) is 3.76. The number of fused-ring (bicyclic) bond motifs is 1. The summed E-state index contributed by atoms with van der Waals surface area (Å²) in [5.74, 6) is 0. The summed E-state index contributed by atoms with van der Waals surface area (Å²) >= 11 is 0. The predicted molar refractivity (Wildman–Crippen MR) is 83.3 cm³/mol. The summed E-state index contributed by atoms with van der Waals surface area (Å²) in [6.45, 7) is 7.32. The number of para-hydroxylation sites is 1. The van der Waals surface area contributed by atoms with Crippen LogP contribution in [-0.2, 0) is 4.74 Å². The van der Waals surface area contributed by atoms with Crippen LogP contribution in [0.5, 0.6) is 0 Å². The lowest BCUT2D eigenvalue weighted by Crippen LogP contribution is -2.49. The molecule has 0 amide bonds. The average Bonchev–Trinajstić information content (AvgIpc) is 2.96. The number of ether oxygens (including phenoxy) is 1. The van der Waals surface area contributed by atoms with E-state index in [0.717, 1.165) is 19.7 Å². The molecular weight excluding hydrogens is 248 g/mol. The molecule has 1 saturated carbocycles. The van der Waals surface area contributed by atoms with Gasteiger partial charge in [0.25, 0.3) is 0 Å². The molecule has 1 heterocycles. The Kier molecular flexibility index (Phi) is 4.27. The molecule has 1 aromatic rings. The number of morpholine rings is 1. The first-order chi connectivity index (χ1) is 9.81. The second-order valence-corrected chi connectivity index (χ2v) is 5.94. The molecule has 1 aromatic carbocycles. The lowest BCUT2D eigenvalue weighted by atomic mass is 10.0. The third-order valence-corrected chi connectivity index (χ3v) is 4.71. The third-order valence-electron chi connectivity index (χ3n) is 4.71. The summed E-state index contributed by atoms with van der Waals surface area (Å²) in [5, 5.41) is 3.54. The van der Waals surface area contributed by atoms with E-state index >= 15 is 0 Å². The van der Waals surface area contributed by atoms with Crippen molar-refractivity contribution in [2.45, 2.75) is 51.3 Å². The molecule has 3 atom stereocenters. The Hall–Kier alpha value is -1.06. The van der Waals surface area contributed by atoms with Gasteiger partial charge in [0.1, 0.15) is 0 Å². The Balaban J connectivity index is 1.89. The van der Waals surface area contributed by atoms with Gasteiger partial charge >= 0.3 is 0 Å². The molecule has 3 rings (SSSR count). The van der Waals surface area contributed by atoms with E-state index in [4.69, 9.17) is 4.74 Å². The SMILES string of the molecule is CCNC(C)c1ccccc1N1CCOC2CCCC21. The third kappa shape index (κ3) is 2.57. The number of benzene rings is 1. The first-order valence-electron chi connectivity index (χ1n) is 8.01. The van der Waals surface area contributed by atoms with Crippen molar-refractivity contribution >= 4 is 5.69 Å². The number of rotatable bonds is 4. The van der Waals surface area contributed by atoms with E-state index in [0.29, 0.717) is 18.2 Å². The van der Waals surface area contributed by atoms with Crippen LogP contribution < -0.4 is 10.2 Å². The maximum Gasteiger partial charge on any atom is 0.0779 e. The summed E-state index contributed by atoms with van der Waals surface area (Å²) < 4.78 is 5.94. The van der Waals surface area contributed by atoms with E-state index in [-0.39, 0.29) is 0 Å². The van der Waals surface area contributed by atoms with Crippen molar-refractivity contribution in [1.29, 1.82) is 0 Å². The predicted octanol–water partition coefficient (Wildman–Crippen LogP) is 3.11. The molecule has 0 bridgehead atoms. The van der Waals surface area contributed by atoms with Gasteiger partial charge in [0.05, 0.1) is 18.8 Å². The second-order valence-electron chi connectivity index (χ2n) is 5.94. The highest BCUT2D eigenvalue weighted by molar-refractivity contribution is 5.56. The van der Waals surface area contributed by atoms with E-state index in [1.54, 1.807) is 0 Å². The summed E-state index contributed by atoms with van der Waals surface area (Å²) in [5.41, 5.74) is 2.82. The topological polar surface area (TPSA) is 24.5 Å². The molecule has 20 heavy (non-hydrogen) atoms. The fraction of sp³-hybridized carbons (Fsp3) is 0.647. The van der Waals surface area contributed by atoms with Gasteiger partial charge in [-0.05, 0) is 44.4 Å². The van der Waals surface area contributed by atoms with E-state index in [1.165, 1.54) is 30.5 Å². The molecule has 0 radical (unpaired) electrons. The van der Waals surface area contributed by atoms with Crippen LogP contribution in [0.4, 0.5) is 5.69 Å². The molecule has 3 heteroatoms. The molecule has 1 aliphatic heterocycles. The standard InChI is InChI=1S/C17H26N2O/c1-3-18-13(2)14-7-4-5-8-15(14)19-11-12-20-17-10-6-9-16(17)19/h4-5,7-8,13,16-18H,3,6,9-12H2,1-2H3. The van der Waals surface area contributed by atoms with Crippen LogP contribution in [0.3, 0.4) is 0 Å². The van der Waals surface area contributed by atoms with Gasteiger partial charge in [-0.25, -0.2) is 0 Å². The zero-order chi connectivity index (χ0) is 13.9. The first-order valence-corrected chi connectivity index (χ1v) is 8.01. The summed E-state index contributed by atoms with van der Waals surface area (Å²) in [7, 11) is 0. The van der Waals surface area contributed by atoms with Crippen molar-refractivity contribution in [3.63, 3.8) is 0 Å². The molecule has 3 unspecified atom stereocenters. The molecule has 0 aromatic heterocycles. The van der Waals surface area contributed by atoms with Gasteiger partial charge in [-0.1, -0.05) is 25.1 Å². The van der Waals surface area contributed by atoms with E-state index in [2.05, 4.69) is 48.3 Å². The molecule has 1 saturated heterocycles. The monoisotopic (exact) mass is 274 g/mol. The summed E-state index contributed by atoms with van der Waals surface area (Å²) in [4.78, 5) is 2.60. The Bertz CT molecular complexity index is 448. The number of hydrogen-bond donors (Lipinski definition) is 1. The van der Waals surface area contributed by atoms with Crippen molar-refractivity contribution in [3.8, 4) is 0 Å². The smallest absolute Gasteiger partial charge is 0.0779 e. The van der Waals surface area contributed by atoms with Crippen LogP contribution in [0.2, 0.25) is 0 Å². The van der Waals surface area contributed by atoms with Crippen molar-refractivity contribution in [1.82, 2.24) is 5.32 Å². The highest BCUT2D eigenvalue weighted by Crippen LogP contribution is 2.36. The highest BCUT2D eigenvalue weighted by atomic mass is 16.5. The lowest BCUT2D eigenvalue weighted by molar-refractivity contribution is 0.0255. The normalized spacial score (nSPS) is 27.4. The number of nitrogens with one attached hydrogen (secondary N) is 1. The van der Waals surface area contributed by atoms with Gasteiger partial charge in [0, 0.05) is 18.3 Å². The summed E-state index contributed by atoms with van der Waals surface area (Å²) in [6.07, 6.45) is 4.25. The number of nitrogens with zero attached hydrogens (tertiary/aromatic N) is 1. The van der Waals surface area contributed by atoms with E-state index in [1.807, 2.05) is 0 Å². The summed E-state index contributed by atoms with van der Waals surface area (Å²) in [6, 6.07) is 9.85. The van der Waals surface area contributed by atoms with Crippen LogP contribution >= 0.6 is 0 Å².